The maximum atomic E-state index is 12.7. The molecule has 12 nitrogen and oxygen atoms in total. The summed E-state index contributed by atoms with van der Waals surface area (Å²) >= 11 is 12.5. The highest BCUT2D eigenvalue weighted by Gasteiger charge is 2.40. The third kappa shape index (κ3) is 9.59. The van der Waals surface area contributed by atoms with Crippen LogP contribution in [0.25, 0.3) is 16.8 Å². The first-order chi connectivity index (χ1) is 22.5. The number of carboxylic acids is 1. The van der Waals surface area contributed by atoms with E-state index in [4.69, 9.17) is 53.7 Å². The molecule has 0 saturated carbocycles. The lowest BCUT2D eigenvalue weighted by Gasteiger charge is -2.25. The Hall–Kier alpha value is -4.39. The van der Waals surface area contributed by atoms with Crippen molar-refractivity contribution in [2.75, 3.05) is 55.8 Å². The number of carbonyl (C=O) groups is 2. The standard InChI is InChI=1S/C26H25Cl2F3N8O2.C2HF3O2/c27-15-1-2-17(19(28)11-15)20-14-39-21(12-16(37-39)13-38-7-9-41-10-8-38)25(35-20)34-6-5-33-22-4-3-18(24(32)36-22)23(40)26(29,30)31;3-2(4,5)1(6)7/h1-4,11-12,14H,5-10,13H2,(H,34,35)(H3,32,33,36);(H,6,7). The number of morpholine rings is 1. The van der Waals surface area contributed by atoms with E-state index in [2.05, 4.69) is 20.5 Å². The van der Waals surface area contributed by atoms with Gasteiger partial charge in [-0.25, -0.2) is 19.3 Å². The molecule has 1 saturated heterocycles. The summed E-state index contributed by atoms with van der Waals surface area (Å²) in [4.78, 5) is 31.3. The van der Waals surface area contributed by atoms with Crippen LogP contribution in [0.15, 0.2) is 42.6 Å². The van der Waals surface area contributed by atoms with Crippen molar-refractivity contribution in [1.29, 1.82) is 0 Å². The molecule has 1 aromatic carbocycles. The van der Waals surface area contributed by atoms with Gasteiger partial charge in [0.15, 0.2) is 5.82 Å². The number of nitrogen functional groups attached to an aromatic ring is 1. The number of rotatable bonds is 9. The van der Waals surface area contributed by atoms with Crippen LogP contribution in [0.3, 0.4) is 0 Å². The summed E-state index contributed by atoms with van der Waals surface area (Å²) in [7, 11) is 0. The third-order valence-corrected chi connectivity index (χ3v) is 7.14. The van der Waals surface area contributed by atoms with E-state index in [0.717, 1.165) is 30.4 Å². The van der Waals surface area contributed by atoms with Crippen LogP contribution in [0.4, 0.5) is 43.8 Å². The van der Waals surface area contributed by atoms with Crippen LogP contribution >= 0.6 is 23.2 Å². The molecule has 0 radical (unpaired) electrons. The van der Waals surface area contributed by atoms with E-state index in [-0.39, 0.29) is 5.82 Å². The molecule has 0 spiro atoms. The van der Waals surface area contributed by atoms with Gasteiger partial charge >= 0.3 is 18.3 Å². The number of alkyl halides is 6. The van der Waals surface area contributed by atoms with Crippen LogP contribution in [0, 0.1) is 0 Å². The van der Waals surface area contributed by atoms with Gasteiger partial charge < -0.3 is 26.2 Å². The number of nitrogens with zero attached hydrogens (tertiary/aromatic N) is 5. The number of nitrogens with one attached hydrogen (secondary N) is 2. The highest BCUT2D eigenvalue weighted by atomic mass is 35.5. The van der Waals surface area contributed by atoms with Crippen molar-refractivity contribution in [1.82, 2.24) is 24.5 Å². The Morgan fingerprint density at radius 2 is 1.62 bits per heavy atom. The number of carboxylic acid groups (broad SMARTS) is 1. The minimum atomic E-state index is -5.08. The van der Waals surface area contributed by atoms with Crippen molar-refractivity contribution in [3.63, 3.8) is 0 Å². The first-order valence-corrected chi connectivity index (χ1v) is 14.6. The number of Topliss-reactive ketones (excluding diaryl/α,β-unsaturated/α-hetero) is 1. The second-order valence-corrected chi connectivity index (χ2v) is 10.9. The SMILES string of the molecule is Nc1nc(NCCNc2nc(-c3ccc(Cl)cc3Cl)cn3nc(CN4CCOCC4)cc23)ccc1C(=O)C(F)(F)F.O=C(O)C(F)(F)F. The number of nitrogens with two attached hydrogens (primary N) is 1. The highest BCUT2D eigenvalue weighted by molar-refractivity contribution is 6.36. The van der Waals surface area contributed by atoms with Gasteiger partial charge in [-0.1, -0.05) is 23.2 Å². The molecule has 1 aliphatic heterocycles. The molecule has 0 unspecified atom stereocenters. The zero-order chi connectivity index (χ0) is 35.2. The first-order valence-electron chi connectivity index (χ1n) is 13.8. The number of aliphatic carboxylic acids is 1. The minimum absolute atomic E-state index is 0.222. The molecule has 20 heteroatoms. The normalized spacial score (nSPS) is 13.9. The molecule has 4 aromatic rings. The van der Waals surface area contributed by atoms with Gasteiger partial charge in [0.25, 0.3) is 5.78 Å². The Morgan fingerprint density at radius 1 is 0.958 bits per heavy atom. The fourth-order valence-electron chi connectivity index (χ4n) is 4.36. The molecule has 0 bridgehead atoms. The molecule has 1 aliphatic rings. The van der Waals surface area contributed by atoms with E-state index in [1.165, 1.54) is 6.07 Å². The van der Waals surface area contributed by atoms with Gasteiger partial charge in [0, 0.05) is 43.3 Å². The number of fused-ring (bicyclic) bond motifs is 1. The molecule has 4 heterocycles. The Balaban J connectivity index is 0.000000671. The van der Waals surface area contributed by atoms with Crippen LogP contribution in [-0.2, 0) is 16.1 Å². The van der Waals surface area contributed by atoms with Gasteiger partial charge in [-0.05, 0) is 36.4 Å². The number of ether oxygens (including phenoxy) is 1. The van der Waals surface area contributed by atoms with E-state index in [1.807, 2.05) is 6.07 Å². The van der Waals surface area contributed by atoms with Crippen LogP contribution < -0.4 is 16.4 Å². The topological polar surface area (TPSA) is 160 Å². The van der Waals surface area contributed by atoms with E-state index in [1.54, 1.807) is 28.9 Å². The number of aromatic nitrogens is 4. The molecule has 0 aliphatic carbocycles. The van der Waals surface area contributed by atoms with Crippen LogP contribution in [-0.4, -0.2) is 93.1 Å². The number of carbonyl (C=O) groups excluding carboxylic acids is 1. The minimum Gasteiger partial charge on any atom is -0.475 e. The monoisotopic (exact) mass is 722 g/mol. The van der Waals surface area contributed by atoms with E-state index < -0.39 is 35.5 Å². The smallest absolute Gasteiger partial charge is 0.475 e. The largest absolute Gasteiger partial charge is 0.490 e. The van der Waals surface area contributed by atoms with Gasteiger partial charge in [-0.2, -0.15) is 31.4 Å². The quantitative estimate of drug-likeness (QED) is 0.0993. The third-order valence-electron chi connectivity index (χ3n) is 6.60. The van der Waals surface area contributed by atoms with Crippen molar-refractivity contribution in [2.45, 2.75) is 18.9 Å². The van der Waals surface area contributed by atoms with Crippen LogP contribution in [0.5, 0.6) is 0 Å². The molecule has 5 rings (SSSR count). The van der Waals surface area contributed by atoms with Crippen molar-refractivity contribution in [2.24, 2.45) is 0 Å². The highest BCUT2D eigenvalue weighted by Crippen LogP contribution is 2.31. The molecular formula is C28H26Cl2F6N8O4. The fraction of sp³-hybridized carbons (Fsp3) is 0.321. The van der Waals surface area contributed by atoms with Crippen molar-refractivity contribution in [3.8, 4) is 11.3 Å². The number of anilines is 3. The number of hydrogen-bond acceptors (Lipinski definition) is 10. The molecule has 3 aromatic heterocycles. The summed E-state index contributed by atoms with van der Waals surface area (Å²) in [5.41, 5.74) is 7.78. The maximum Gasteiger partial charge on any atom is 0.490 e. The number of pyridine rings is 1. The van der Waals surface area contributed by atoms with Gasteiger partial charge in [-0.15, -0.1) is 0 Å². The summed E-state index contributed by atoms with van der Waals surface area (Å²) in [6.07, 6.45) is -8.32. The Kier molecular flexibility index (Phi) is 11.6. The average Bonchev–Trinajstić information content (AvgIpc) is 3.41. The van der Waals surface area contributed by atoms with Crippen molar-refractivity contribution in [3.05, 3.63) is 63.9 Å². The molecule has 48 heavy (non-hydrogen) atoms. The Labute approximate surface area is 277 Å². The summed E-state index contributed by atoms with van der Waals surface area (Å²) < 4.78 is 77.1. The van der Waals surface area contributed by atoms with Gasteiger partial charge in [0.2, 0.25) is 0 Å². The zero-order valence-electron chi connectivity index (χ0n) is 24.5. The maximum absolute atomic E-state index is 12.7. The predicted octanol–water partition coefficient (Wildman–Crippen LogP) is 5.41. The molecule has 0 amide bonds. The number of hydrogen-bond donors (Lipinski definition) is 4. The second kappa shape index (κ2) is 15.2. The van der Waals surface area contributed by atoms with E-state index in [9.17, 15) is 31.1 Å². The Morgan fingerprint density at radius 3 is 2.23 bits per heavy atom. The lowest BCUT2D eigenvalue weighted by atomic mass is 10.1. The summed E-state index contributed by atoms with van der Waals surface area (Å²) in [5.74, 6) is -4.53. The van der Waals surface area contributed by atoms with Crippen molar-refractivity contribution >= 4 is 57.9 Å². The summed E-state index contributed by atoms with van der Waals surface area (Å²) in [5, 5.41) is 19.1. The number of halogens is 8. The van der Waals surface area contributed by atoms with Crippen LogP contribution in [0.2, 0.25) is 10.0 Å². The van der Waals surface area contributed by atoms with Gasteiger partial charge in [0.05, 0.1) is 41.4 Å². The second-order valence-electron chi connectivity index (χ2n) is 10.1. The molecule has 0 atom stereocenters. The molecular weight excluding hydrogens is 697 g/mol. The predicted molar refractivity (Wildman–Crippen MR) is 164 cm³/mol. The van der Waals surface area contributed by atoms with Gasteiger partial charge in [0.1, 0.15) is 17.2 Å². The summed E-state index contributed by atoms with van der Waals surface area (Å²) in [6.45, 7) is 4.31. The average molecular weight is 723 g/mol. The molecule has 1 fully saturated rings. The van der Waals surface area contributed by atoms with Crippen molar-refractivity contribution < 1.29 is 45.8 Å². The lowest BCUT2D eigenvalue weighted by molar-refractivity contribution is -0.192. The number of benzene rings is 1. The Bertz CT molecular complexity index is 1780. The molecule has 258 valence electrons. The zero-order valence-corrected chi connectivity index (χ0v) is 26.0. The van der Waals surface area contributed by atoms with E-state index >= 15 is 0 Å². The van der Waals surface area contributed by atoms with E-state index in [0.29, 0.717) is 60.0 Å². The summed E-state index contributed by atoms with van der Waals surface area (Å²) in [6, 6.07) is 9.38. The first kappa shape index (κ1) is 36.4. The number of ketones is 1. The molecule has 5 N–H and O–H groups in total. The van der Waals surface area contributed by atoms with Gasteiger partial charge in [-0.3, -0.25) is 9.69 Å². The van der Waals surface area contributed by atoms with Crippen LogP contribution in [0.1, 0.15) is 16.1 Å². The lowest BCUT2D eigenvalue weighted by Crippen LogP contribution is -2.35. The fourth-order valence-corrected chi connectivity index (χ4v) is 4.86.